The van der Waals surface area contributed by atoms with Crippen molar-refractivity contribution in [2.75, 3.05) is 89.7 Å². The van der Waals surface area contributed by atoms with Crippen LogP contribution in [0.5, 0.6) is 0 Å². The second-order valence-corrected chi connectivity index (χ2v) is 34.5. The predicted molar refractivity (Wildman–Crippen MR) is 375 cm³/mol. The zero-order chi connectivity index (χ0) is 73.1. The number of alkyl halides is 2. The van der Waals surface area contributed by atoms with Crippen LogP contribution in [0.4, 0.5) is 26.3 Å². The van der Waals surface area contributed by atoms with E-state index in [4.69, 9.17) is 9.47 Å². The smallest absolute Gasteiger partial charge is 0.320 e. The summed E-state index contributed by atoms with van der Waals surface area (Å²) in [5.74, 6) is -10.4. The van der Waals surface area contributed by atoms with E-state index in [1.165, 1.54) is 120 Å². The number of rotatable bonds is 28. The summed E-state index contributed by atoms with van der Waals surface area (Å²) in [6.45, 7) is 11.1. The van der Waals surface area contributed by atoms with Crippen molar-refractivity contribution < 1.29 is 101 Å². The molecule has 99 heavy (non-hydrogen) atoms. The van der Waals surface area contributed by atoms with Crippen LogP contribution in [0.1, 0.15) is 134 Å². The molecule has 0 aromatic heterocycles. The zero-order valence-corrected chi connectivity index (χ0v) is 60.8. The first-order valence-corrected chi connectivity index (χ1v) is 41.9. The van der Waals surface area contributed by atoms with E-state index in [9.17, 15) is 86.5 Å². The second-order valence-electron chi connectivity index (χ2n) is 22.6. The molecule has 0 spiro atoms. The molecule has 5 aromatic rings. The molecular weight excluding hydrogens is 1420 g/mol. The normalized spacial score (nSPS) is 14.3. The third-order valence-electron chi connectivity index (χ3n) is 15.0. The molecule has 28 heteroatoms. The lowest BCUT2D eigenvalue weighted by molar-refractivity contribution is -0.338. The summed E-state index contributed by atoms with van der Waals surface area (Å²) in [6.07, 6.45) is 15.2. The van der Waals surface area contributed by atoms with Crippen molar-refractivity contribution in [3.8, 4) is 0 Å². The number of carbonyl (C=O) groups is 5. The van der Waals surface area contributed by atoms with E-state index in [0.29, 0.717) is 55.1 Å². The molecule has 2 heterocycles. The Hall–Kier alpha value is -5.95. The van der Waals surface area contributed by atoms with Gasteiger partial charge >= 0.3 is 5.97 Å². The van der Waals surface area contributed by atoms with E-state index in [1.807, 2.05) is 60.7 Å². The molecule has 0 saturated carbocycles. The number of hydrogen-bond acceptors (Lipinski definition) is 16. The number of hydrogen-bond donors (Lipinski definition) is 0. The maximum absolute atomic E-state index is 13.5. The number of benzene rings is 5. The number of Topliss-reactive ketones (excluding diaryl/α,β-unsaturated/α-hetero) is 2. The lowest BCUT2D eigenvalue weighted by atomic mass is 10.1. The van der Waals surface area contributed by atoms with E-state index in [-0.39, 0.29) is 0 Å². The highest BCUT2D eigenvalue weighted by Gasteiger charge is 2.35. The Bertz CT molecular complexity index is 3490. The first kappa shape index (κ1) is 85.5. The average Bonchev–Trinajstić information content (AvgIpc) is 1.53. The van der Waals surface area contributed by atoms with Crippen molar-refractivity contribution in [3.63, 3.8) is 0 Å². The van der Waals surface area contributed by atoms with Crippen molar-refractivity contribution in [1.82, 2.24) is 0 Å². The predicted octanol–water partition coefficient (Wildman–Crippen LogP) is 9.89. The average molecular weight is 1500 g/mol. The Morgan fingerprint density at radius 1 is 0.535 bits per heavy atom. The van der Waals surface area contributed by atoms with E-state index in [1.54, 1.807) is 9.81 Å². The Kier molecular flexibility index (Phi) is 38.4. The Balaban J connectivity index is 0.000000256. The Labute approximate surface area is 589 Å². The quantitative estimate of drug-likeness (QED) is 0.0112. The number of carboxylic acid groups (broad SMARTS) is 2. The molecular formula is C71H86F6O16S6. The Morgan fingerprint density at radius 3 is 1.20 bits per heavy atom. The van der Waals surface area contributed by atoms with Gasteiger partial charge in [0.25, 0.3) is 5.92 Å². The second kappa shape index (κ2) is 44.4. The van der Waals surface area contributed by atoms with E-state index in [0.717, 1.165) is 61.9 Å². The number of unbranched alkanes of at least 4 members (excludes halogenated alkanes) is 4. The van der Waals surface area contributed by atoms with Gasteiger partial charge in [-0.25, -0.2) is 34.4 Å². The van der Waals surface area contributed by atoms with Crippen LogP contribution in [0.15, 0.2) is 126 Å². The van der Waals surface area contributed by atoms with Crippen LogP contribution < -0.4 is 10.2 Å². The van der Waals surface area contributed by atoms with Gasteiger partial charge in [-0.3, -0.25) is 14.4 Å². The molecule has 2 aliphatic heterocycles. The number of ether oxygens (including phenoxy) is 3. The van der Waals surface area contributed by atoms with Gasteiger partial charge in [0, 0.05) is 50.0 Å². The standard InChI is InChI=1S/2C16H25OS.2C13H15OS.C9H6F4O8S2.C4H4F2O4/c2*1-3-5-12-18(13-6-4-2)14-16(17)15-10-8-7-9-11-15;2*1-2-4-12-11(3-1)5-6-13(12)15-9-7-14-8-10-15;10-5-3(1-21-4(14)2-22(15,16)17)6(11)8(13)9(7(5)12)23(18,19)20;5-4(6,3(9)10)1-2(7)8/h2*7-11H,3-6,12-14H2,1-2H3;2*1-4,6H,5,7-10H2;1-2H2,(H,15,16,17)(H,18,19,20);1H2,(H,7,8)(H,9,10)/q4*+1;;/p-4. The molecule has 0 radical (unpaired) electrons. The minimum Gasteiger partial charge on any atom is -0.748 e. The fraction of sp³-hybridized carbons (Fsp3) is 0.451. The molecule has 0 N–H and O–H groups in total. The van der Waals surface area contributed by atoms with Gasteiger partial charge in [-0.05, 0) is 95.7 Å². The number of fused-ring (bicyclic) bond motifs is 2. The van der Waals surface area contributed by atoms with Crippen molar-refractivity contribution in [3.05, 3.63) is 184 Å². The van der Waals surface area contributed by atoms with Gasteiger partial charge in [-0.2, -0.15) is 8.78 Å². The van der Waals surface area contributed by atoms with Crippen LogP contribution in [0, 0.1) is 23.3 Å². The van der Waals surface area contributed by atoms with Gasteiger partial charge < -0.3 is 43.1 Å². The van der Waals surface area contributed by atoms with Crippen molar-refractivity contribution in [2.24, 2.45) is 0 Å². The molecule has 16 nitrogen and oxygen atoms in total. The first-order valence-electron chi connectivity index (χ1n) is 32.3. The molecule has 0 amide bonds. The molecule has 2 aliphatic carbocycles. The SMILES string of the molecule is C1=C([S+]2CCOCC2)c2ccccc2C1.C1=C([S+]2CCOCC2)c2ccccc2C1.CCCC[S+](CCCC)CC(=O)c1ccccc1.CCCC[S+](CCCC)CC(=O)c1ccccc1.O=C(CS(=O)(=O)[O-])OCc1c(F)c(F)c(S(=O)(=O)[O-])c(F)c1F.O=C([O-])CC(F)(F)C(=O)[O-]. The number of halogens is 6. The van der Waals surface area contributed by atoms with Gasteiger partial charge in [0.1, 0.15) is 89.5 Å². The van der Waals surface area contributed by atoms with Crippen molar-refractivity contribution in [1.29, 1.82) is 0 Å². The molecule has 544 valence electrons. The fourth-order valence-corrected chi connectivity index (χ4v) is 19.9. The Morgan fingerprint density at radius 2 is 0.889 bits per heavy atom. The van der Waals surface area contributed by atoms with Crippen LogP contribution in [0.3, 0.4) is 0 Å². The highest BCUT2D eigenvalue weighted by atomic mass is 32.2. The minimum absolute atomic E-state index is 0.296. The number of aliphatic carboxylic acids is 2. The van der Waals surface area contributed by atoms with E-state index < -0.39 is 96.6 Å². The number of carbonyl (C=O) groups excluding carboxylic acids is 5. The lowest BCUT2D eigenvalue weighted by Crippen LogP contribution is -2.45. The third-order valence-corrected chi connectivity index (χ3v) is 25.9. The van der Waals surface area contributed by atoms with Gasteiger partial charge in [-0.15, -0.1) is 0 Å². The van der Waals surface area contributed by atoms with Crippen LogP contribution in [0.25, 0.3) is 9.81 Å². The highest BCUT2D eigenvalue weighted by molar-refractivity contribution is 8.06. The molecule has 4 aliphatic rings. The summed E-state index contributed by atoms with van der Waals surface area (Å²) in [4.78, 5) is 54.9. The first-order chi connectivity index (χ1) is 47.1. The summed E-state index contributed by atoms with van der Waals surface area (Å²) in [5, 5.41) is 18.8. The van der Waals surface area contributed by atoms with Gasteiger partial charge in [0.15, 0.2) is 44.6 Å². The van der Waals surface area contributed by atoms with E-state index in [2.05, 4.69) is 93.1 Å². The van der Waals surface area contributed by atoms with E-state index >= 15 is 0 Å². The monoisotopic (exact) mass is 1500 g/mol. The summed E-state index contributed by atoms with van der Waals surface area (Å²) in [7, 11) is -9.46. The number of esters is 1. The number of allylic oxidation sites excluding steroid dienone is 2. The van der Waals surface area contributed by atoms with Crippen LogP contribution in [-0.2, 0) is 112 Å². The summed E-state index contributed by atoms with van der Waals surface area (Å²) < 4.78 is 154. The third kappa shape index (κ3) is 30.3. The summed E-state index contributed by atoms with van der Waals surface area (Å²) in [6, 6.07) is 37.1. The van der Waals surface area contributed by atoms with Crippen LogP contribution in [-0.4, -0.2) is 151 Å². The zero-order valence-electron chi connectivity index (χ0n) is 55.9. The molecule has 5 aromatic carbocycles. The topological polar surface area (TPSA) is 274 Å². The lowest BCUT2D eigenvalue weighted by Gasteiger charge is -2.16. The van der Waals surface area contributed by atoms with Gasteiger partial charge in [0.05, 0.1) is 38.4 Å². The minimum atomic E-state index is -5.89. The maximum Gasteiger partial charge on any atom is 0.320 e. The van der Waals surface area contributed by atoms with Gasteiger partial charge in [0.2, 0.25) is 11.6 Å². The maximum atomic E-state index is 13.5. The van der Waals surface area contributed by atoms with Crippen molar-refractivity contribution in [2.45, 2.75) is 116 Å². The largest absolute Gasteiger partial charge is 0.748 e. The van der Waals surface area contributed by atoms with Crippen molar-refractivity contribution >= 4 is 103 Å². The van der Waals surface area contributed by atoms with Crippen LogP contribution in [0.2, 0.25) is 0 Å². The molecule has 0 unspecified atom stereocenters. The molecule has 0 atom stereocenters. The molecule has 2 fully saturated rings. The summed E-state index contributed by atoms with van der Waals surface area (Å²) >= 11 is 0. The fourth-order valence-electron chi connectivity index (χ4n) is 9.80. The van der Waals surface area contributed by atoms with Gasteiger partial charge in [-0.1, -0.05) is 150 Å². The molecule has 9 rings (SSSR count). The number of carboxylic acids is 2. The number of ketones is 2. The highest BCUT2D eigenvalue weighted by Crippen LogP contribution is 2.35. The van der Waals surface area contributed by atoms with Crippen LogP contribution >= 0.6 is 0 Å². The molecule has 0 bridgehead atoms. The molecule has 2 saturated heterocycles. The summed E-state index contributed by atoms with van der Waals surface area (Å²) in [5.41, 5.74) is 6.15.